The highest BCUT2D eigenvalue weighted by molar-refractivity contribution is 7.91. The summed E-state index contributed by atoms with van der Waals surface area (Å²) in [7, 11) is -3.83. The number of rotatable bonds is 9. The number of ether oxygens (including phenoxy) is 1. The molecule has 0 aliphatic heterocycles. The van der Waals surface area contributed by atoms with Crippen molar-refractivity contribution in [3.8, 4) is 0 Å². The first kappa shape index (κ1) is 17.0. The van der Waals surface area contributed by atoms with E-state index in [9.17, 15) is 13.2 Å². The number of nitrogens with one attached hydrogen (secondary N) is 1. The van der Waals surface area contributed by atoms with Gasteiger partial charge in [0.05, 0.1) is 5.51 Å². The predicted octanol–water partition coefficient (Wildman–Crippen LogP) is 1.18. The molecule has 7 nitrogen and oxygen atoms in total. The second kappa shape index (κ2) is 7.67. The van der Waals surface area contributed by atoms with Crippen LogP contribution in [0.5, 0.6) is 0 Å². The molecule has 1 aromatic heterocycles. The van der Waals surface area contributed by atoms with Crippen LogP contribution in [0.15, 0.2) is 9.72 Å². The molecule has 9 heteroatoms. The first-order valence-corrected chi connectivity index (χ1v) is 8.45. The van der Waals surface area contributed by atoms with Gasteiger partial charge in [0.1, 0.15) is 0 Å². The third-order valence-electron chi connectivity index (χ3n) is 2.19. The van der Waals surface area contributed by atoms with Crippen LogP contribution in [0.4, 0.5) is 0 Å². The number of carbonyl (C=O) groups is 1. The van der Waals surface area contributed by atoms with Crippen molar-refractivity contribution >= 4 is 27.3 Å². The van der Waals surface area contributed by atoms with Crippen molar-refractivity contribution in [1.29, 1.82) is 0 Å². The predicted molar refractivity (Wildman–Crippen MR) is 74.5 cm³/mol. The fourth-order valence-electron chi connectivity index (χ4n) is 1.33. The fourth-order valence-corrected chi connectivity index (χ4v) is 3.59. The summed E-state index contributed by atoms with van der Waals surface area (Å²) in [5.41, 5.74) is 0.752. The summed E-state index contributed by atoms with van der Waals surface area (Å²) >= 11 is 0.783. The van der Waals surface area contributed by atoms with Crippen LogP contribution >= 0.6 is 11.3 Å². The Morgan fingerprint density at radius 2 is 2.25 bits per heavy atom. The van der Waals surface area contributed by atoms with Crippen LogP contribution in [0.25, 0.3) is 0 Å². The van der Waals surface area contributed by atoms with Crippen molar-refractivity contribution in [3.05, 3.63) is 11.2 Å². The highest BCUT2D eigenvalue weighted by Gasteiger charge is 2.25. The standard InChI is InChI=1S/C11H18N2O5S2/c1-8(2)6-18-5-3-4-13-20(16,17)11-9(10(14)15)12-7-19-11/h7-8,13H,3-6H2,1-2H3,(H,14,15). The third kappa shape index (κ3) is 5.16. The van der Waals surface area contributed by atoms with Crippen LogP contribution in [-0.2, 0) is 14.8 Å². The van der Waals surface area contributed by atoms with Crippen LogP contribution in [0.2, 0.25) is 0 Å². The molecule has 20 heavy (non-hydrogen) atoms. The number of sulfonamides is 1. The van der Waals surface area contributed by atoms with E-state index in [-0.39, 0.29) is 10.8 Å². The van der Waals surface area contributed by atoms with Gasteiger partial charge in [-0.25, -0.2) is 22.9 Å². The quantitative estimate of drug-likeness (QED) is 0.661. The van der Waals surface area contributed by atoms with Gasteiger partial charge in [0.2, 0.25) is 0 Å². The molecule has 1 aromatic rings. The smallest absolute Gasteiger partial charge is 0.356 e. The van der Waals surface area contributed by atoms with Crippen LogP contribution in [0, 0.1) is 5.92 Å². The van der Waals surface area contributed by atoms with E-state index in [4.69, 9.17) is 9.84 Å². The maximum Gasteiger partial charge on any atom is 0.356 e. The van der Waals surface area contributed by atoms with Gasteiger partial charge < -0.3 is 9.84 Å². The molecule has 0 aliphatic carbocycles. The molecule has 1 heterocycles. The lowest BCUT2D eigenvalue weighted by molar-refractivity contribution is 0.0687. The molecular formula is C11H18N2O5S2. The van der Waals surface area contributed by atoms with Crippen LogP contribution in [0.3, 0.4) is 0 Å². The Labute approximate surface area is 122 Å². The van der Waals surface area contributed by atoms with Crippen LogP contribution in [-0.4, -0.2) is 44.2 Å². The lowest BCUT2D eigenvalue weighted by Gasteiger charge is -2.07. The average Bonchev–Trinajstić information content (AvgIpc) is 2.83. The van der Waals surface area contributed by atoms with E-state index in [1.54, 1.807) is 0 Å². The third-order valence-corrected chi connectivity index (χ3v) is 5.02. The topological polar surface area (TPSA) is 106 Å². The number of carboxylic acids is 1. The minimum absolute atomic E-state index is 0.192. The Morgan fingerprint density at radius 1 is 1.55 bits per heavy atom. The summed E-state index contributed by atoms with van der Waals surface area (Å²) in [6, 6.07) is 0. The lowest BCUT2D eigenvalue weighted by Crippen LogP contribution is -2.26. The summed E-state index contributed by atoms with van der Waals surface area (Å²) in [6.45, 7) is 5.33. The molecule has 0 aromatic carbocycles. The zero-order valence-corrected chi connectivity index (χ0v) is 13.0. The first-order valence-electron chi connectivity index (χ1n) is 6.08. The number of carboxylic acid groups (broad SMARTS) is 1. The summed E-state index contributed by atoms with van der Waals surface area (Å²) < 4.78 is 31.2. The molecule has 0 bridgehead atoms. The minimum Gasteiger partial charge on any atom is -0.476 e. The highest BCUT2D eigenvalue weighted by Crippen LogP contribution is 2.19. The van der Waals surface area contributed by atoms with Gasteiger partial charge in [-0.2, -0.15) is 0 Å². The Bertz CT molecular complexity index is 539. The molecule has 0 spiro atoms. The fraction of sp³-hybridized carbons (Fsp3) is 0.636. The van der Waals surface area contributed by atoms with Crippen molar-refractivity contribution in [2.75, 3.05) is 19.8 Å². The molecule has 0 fully saturated rings. The second-order valence-electron chi connectivity index (χ2n) is 4.51. The number of thiazole rings is 1. The van der Waals surface area contributed by atoms with Crippen molar-refractivity contribution in [1.82, 2.24) is 9.71 Å². The molecule has 0 radical (unpaired) electrons. The molecule has 0 saturated heterocycles. The van der Waals surface area contributed by atoms with Gasteiger partial charge in [-0.1, -0.05) is 13.8 Å². The summed E-state index contributed by atoms with van der Waals surface area (Å²) in [5.74, 6) is -0.922. The van der Waals surface area contributed by atoms with Crippen molar-refractivity contribution in [3.63, 3.8) is 0 Å². The largest absolute Gasteiger partial charge is 0.476 e. The lowest BCUT2D eigenvalue weighted by atomic mass is 10.2. The van der Waals surface area contributed by atoms with Crippen molar-refractivity contribution < 1.29 is 23.1 Å². The van der Waals surface area contributed by atoms with Gasteiger partial charge in [0.15, 0.2) is 9.90 Å². The zero-order valence-electron chi connectivity index (χ0n) is 11.3. The van der Waals surface area contributed by atoms with Gasteiger partial charge in [0.25, 0.3) is 10.0 Å². The molecule has 0 aliphatic rings. The number of hydrogen-bond donors (Lipinski definition) is 2. The van der Waals surface area contributed by atoms with Crippen molar-refractivity contribution in [2.24, 2.45) is 5.92 Å². The molecule has 114 valence electrons. The first-order chi connectivity index (χ1) is 9.34. The van der Waals surface area contributed by atoms with Gasteiger partial charge in [-0.05, 0) is 12.3 Å². The molecule has 1 rings (SSSR count). The van der Waals surface area contributed by atoms with Gasteiger partial charge in [-0.15, -0.1) is 11.3 Å². The maximum atomic E-state index is 11.9. The minimum atomic E-state index is -3.83. The summed E-state index contributed by atoms with van der Waals surface area (Å²) in [6.07, 6.45) is 0.521. The Kier molecular flexibility index (Phi) is 6.53. The van der Waals surface area contributed by atoms with Gasteiger partial charge in [-0.3, -0.25) is 0 Å². The normalized spacial score (nSPS) is 11.9. The summed E-state index contributed by atoms with van der Waals surface area (Å²) in [4.78, 5) is 14.4. The number of hydrogen-bond acceptors (Lipinski definition) is 6. The van der Waals surface area contributed by atoms with E-state index in [0.29, 0.717) is 25.6 Å². The molecule has 0 amide bonds. The van der Waals surface area contributed by atoms with Gasteiger partial charge >= 0.3 is 5.97 Å². The van der Waals surface area contributed by atoms with Crippen LogP contribution < -0.4 is 4.72 Å². The number of aromatic nitrogens is 1. The molecule has 0 atom stereocenters. The van der Waals surface area contributed by atoms with E-state index < -0.39 is 21.7 Å². The van der Waals surface area contributed by atoms with Crippen molar-refractivity contribution in [2.45, 2.75) is 24.5 Å². The Hall–Kier alpha value is -1.03. The molecule has 0 unspecified atom stereocenters. The van der Waals surface area contributed by atoms with E-state index in [1.807, 2.05) is 13.8 Å². The molecular weight excluding hydrogens is 304 g/mol. The Morgan fingerprint density at radius 3 is 2.85 bits per heavy atom. The van der Waals surface area contributed by atoms with Gasteiger partial charge in [0, 0.05) is 19.8 Å². The SMILES string of the molecule is CC(C)COCCCNS(=O)(=O)c1scnc1C(=O)O. The average molecular weight is 322 g/mol. The highest BCUT2D eigenvalue weighted by atomic mass is 32.2. The Balaban J connectivity index is 2.46. The van der Waals surface area contributed by atoms with Crippen LogP contribution in [0.1, 0.15) is 30.8 Å². The number of nitrogens with zero attached hydrogens (tertiary/aromatic N) is 1. The zero-order chi connectivity index (χ0) is 15.2. The monoisotopic (exact) mass is 322 g/mol. The summed E-state index contributed by atoms with van der Waals surface area (Å²) in [5, 5.41) is 8.84. The second-order valence-corrected chi connectivity index (χ2v) is 7.33. The molecule has 0 saturated carbocycles. The van der Waals surface area contributed by atoms with E-state index >= 15 is 0 Å². The molecule has 2 N–H and O–H groups in total. The van der Waals surface area contributed by atoms with E-state index in [2.05, 4.69) is 9.71 Å². The maximum absolute atomic E-state index is 11.9. The van der Waals surface area contributed by atoms with E-state index in [1.165, 1.54) is 5.51 Å². The number of aromatic carboxylic acids is 1. The van der Waals surface area contributed by atoms with E-state index in [0.717, 1.165) is 11.3 Å².